The van der Waals surface area contributed by atoms with Gasteiger partial charge in [-0.3, -0.25) is 14.6 Å². The van der Waals surface area contributed by atoms with Crippen molar-refractivity contribution in [1.82, 2.24) is 14.9 Å². The van der Waals surface area contributed by atoms with Gasteiger partial charge in [0.05, 0.1) is 32.8 Å². The van der Waals surface area contributed by atoms with Gasteiger partial charge in [0.15, 0.2) is 11.5 Å². The molecule has 160 valence electrons. The number of rotatable bonds is 4. The Balaban J connectivity index is 1.51. The maximum Gasteiger partial charge on any atom is 0.325 e. The van der Waals surface area contributed by atoms with Crippen LogP contribution in [0.4, 0.5) is 0 Å². The van der Waals surface area contributed by atoms with E-state index in [9.17, 15) is 14.4 Å². The molecule has 2 N–H and O–H groups in total. The van der Waals surface area contributed by atoms with E-state index in [1.165, 1.54) is 11.8 Å². The number of ether oxygens (including phenoxy) is 3. The molecule has 1 spiro atoms. The molecule has 0 aliphatic carbocycles. The summed E-state index contributed by atoms with van der Waals surface area (Å²) in [6.07, 6.45) is 3.35. The van der Waals surface area contributed by atoms with Crippen LogP contribution in [-0.4, -0.2) is 54.7 Å². The van der Waals surface area contributed by atoms with Crippen molar-refractivity contribution in [3.8, 4) is 11.5 Å². The third-order valence-electron chi connectivity index (χ3n) is 6.01. The highest BCUT2D eigenvalue weighted by molar-refractivity contribution is 5.78. The molecule has 0 radical (unpaired) electrons. The lowest BCUT2D eigenvalue weighted by Gasteiger charge is -2.45. The van der Waals surface area contributed by atoms with Crippen LogP contribution in [0.2, 0.25) is 0 Å². The Morgan fingerprint density at radius 1 is 1.17 bits per heavy atom. The second-order valence-electron chi connectivity index (χ2n) is 7.61. The molecule has 9 nitrogen and oxygen atoms in total. The van der Waals surface area contributed by atoms with Crippen LogP contribution in [0, 0.1) is 0 Å². The number of piperidine rings is 1. The Hall–Kier alpha value is -3.07. The van der Waals surface area contributed by atoms with Gasteiger partial charge in [-0.05, 0) is 42.5 Å². The molecular formula is C21H25N3O6. The van der Waals surface area contributed by atoms with Gasteiger partial charge in [0.25, 0.3) is 5.56 Å². The normalized spacial score (nSPS) is 17.5. The van der Waals surface area contributed by atoms with Crippen molar-refractivity contribution in [2.45, 2.75) is 31.3 Å². The number of fused-ring (bicyclic) bond motifs is 2. The maximum absolute atomic E-state index is 12.7. The smallest absolute Gasteiger partial charge is 0.325 e. The molecule has 1 aromatic carbocycles. The Morgan fingerprint density at radius 2 is 1.87 bits per heavy atom. The molecule has 3 heterocycles. The van der Waals surface area contributed by atoms with Gasteiger partial charge in [-0.2, -0.15) is 0 Å². The zero-order valence-electron chi connectivity index (χ0n) is 17.1. The number of benzene rings is 1. The molecule has 1 amide bonds. The van der Waals surface area contributed by atoms with E-state index >= 15 is 0 Å². The predicted octanol–water partition coefficient (Wildman–Crippen LogP) is 0.714. The molecule has 4 rings (SSSR count). The summed E-state index contributed by atoms with van der Waals surface area (Å²) in [6, 6.07) is 4.00. The molecule has 1 fully saturated rings. The summed E-state index contributed by atoms with van der Waals surface area (Å²) in [4.78, 5) is 42.0. The van der Waals surface area contributed by atoms with Crippen molar-refractivity contribution in [2.75, 3.05) is 33.9 Å². The first-order chi connectivity index (χ1) is 14.5. The van der Waals surface area contributed by atoms with Crippen molar-refractivity contribution >= 4 is 5.91 Å². The second kappa shape index (κ2) is 7.98. The largest absolute Gasteiger partial charge is 0.493 e. The minimum atomic E-state index is -0.587. The third-order valence-corrected chi connectivity index (χ3v) is 6.01. The van der Waals surface area contributed by atoms with Crippen molar-refractivity contribution < 1.29 is 19.0 Å². The highest BCUT2D eigenvalue weighted by atomic mass is 16.5. The third kappa shape index (κ3) is 3.60. The summed E-state index contributed by atoms with van der Waals surface area (Å²) >= 11 is 0. The molecule has 0 bridgehead atoms. The van der Waals surface area contributed by atoms with Gasteiger partial charge in [0.2, 0.25) is 5.91 Å². The lowest BCUT2D eigenvalue weighted by Crippen LogP contribution is -2.49. The number of nitrogens with one attached hydrogen (secondary N) is 2. The number of likely N-dealkylation sites (tertiary alicyclic amines) is 1. The number of carbonyl (C=O) groups excluding carboxylic acids is 1. The monoisotopic (exact) mass is 415 g/mol. The number of hydrogen-bond donors (Lipinski definition) is 2. The average molecular weight is 415 g/mol. The summed E-state index contributed by atoms with van der Waals surface area (Å²) in [5.74, 6) is 1.22. The molecule has 0 saturated carbocycles. The van der Waals surface area contributed by atoms with Gasteiger partial charge in [-0.15, -0.1) is 0 Å². The van der Waals surface area contributed by atoms with E-state index in [1.54, 1.807) is 19.1 Å². The summed E-state index contributed by atoms with van der Waals surface area (Å²) in [5, 5.41) is 0. The van der Waals surface area contributed by atoms with Crippen molar-refractivity contribution in [2.24, 2.45) is 0 Å². The van der Waals surface area contributed by atoms with Gasteiger partial charge < -0.3 is 24.1 Å². The van der Waals surface area contributed by atoms with E-state index in [4.69, 9.17) is 14.2 Å². The number of methoxy groups -OCH3 is 2. The molecule has 9 heteroatoms. The summed E-state index contributed by atoms with van der Waals surface area (Å²) in [5.41, 5.74) is 0.937. The number of carbonyl (C=O) groups is 1. The van der Waals surface area contributed by atoms with Crippen LogP contribution in [0.25, 0.3) is 0 Å². The van der Waals surface area contributed by atoms with Crippen molar-refractivity contribution in [3.63, 3.8) is 0 Å². The molecule has 0 unspecified atom stereocenters. The number of nitrogens with zero attached hydrogens (tertiary/aromatic N) is 1. The minimum Gasteiger partial charge on any atom is -0.493 e. The Kier molecular flexibility index (Phi) is 5.38. The first-order valence-electron chi connectivity index (χ1n) is 9.94. The highest BCUT2D eigenvalue weighted by Crippen LogP contribution is 2.45. The molecule has 1 saturated heterocycles. The summed E-state index contributed by atoms with van der Waals surface area (Å²) < 4.78 is 17.2. The van der Waals surface area contributed by atoms with Crippen LogP contribution in [0.15, 0.2) is 27.9 Å². The SMILES string of the molecule is COc1cc2c(cc1OC)C1(CCN(C(=O)Cc3c[nH]c(=O)[nH]c3=O)CC1)OCC2. The van der Waals surface area contributed by atoms with E-state index in [2.05, 4.69) is 9.97 Å². The molecule has 1 aromatic heterocycles. The maximum atomic E-state index is 12.7. The Morgan fingerprint density at radius 3 is 2.53 bits per heavy atom. The van der Waals surface area contributed by atoms with Crippen LogP contribution in [0.3, 0.4) is 0 Å². The lowest BCUT2D eigenvalue weighted by atomic mass is 9.79. The Bertz CT molecular complexity index is 1070. The number of aromatic amines is 2. The van der Waals surface area contributed by atoms with Crippen LogP contribution < -0.4 is 20.7 Å². The lowest BCUT2D eigenvalue weighted by molar-refractivity contribution is -0.140. The number of aromatic nitrogens is 2. The van der Waals surface area contributed by atoms with Crippen LogP contribution >= 0.6 is 0 Å². The van der Waals surface area contributed by atoms with E-state index in [0.717, 1.165) is 12.0 Å². The molecule has 2 aromatic rings. The zero-order chi connectivity index (χ0) is 21.3. The molecular weight excluding hydrogens is 390 g/mol. The average Bonchev–Trinajstić information content (AvgIpc) is 2.75. The van der Waals surface area contributed by atoms with Gasteiger partial charge in [-0.1, -0.05) is 0 Å². The topological polar surface area (TPSA) is 114 Å². The van der Waals surface area contributed by atoms with Crippen LogP contribution in [0.5, 0.6) is 11.5 Å². The fourth-order valence-electron chi connectivity index (χ4n) is 4.36. The van der Waals surface area contributed by atoms with Crippen LogP contribution in [0.1, 0.15) is 29.5 Å². The first-order valence-corrected chi connectivity index (χ1v) is 9.94. The number of H-pyrrole nitrogens is 2. The van der Waals surface area contributed by atoms with Gasteiger partial charge in [0, 0.05) is 24.8 Å². The highest BCUT2D eigenvalue weighted by Gasteiger charge is 2.42. The van der Waals surface area contributed by atoms with E-state index in [-0.39, 0.29) is 17.9 Å². The van der Waals surface area contributed by atoms with Crippen molar-refractivity contribution in [1.29, 1.82) is 0 Å². The summed E-state index contributed by atoms with van der Waals surface area (Å²) in [6.45, 7) is 1.66. The van der Waals surface area contributed by atoms with Gasteiger partial charge in [0.1, 0.15) is 0 Å². The number of hydrogen-bond acceptors (Lipinski definition) is 6. The zero-order valence-corrected chi connectivity index (χ0v) is 17.1. The number of amides is 1. The Labute approximate surface area is 173 Å². The van der Waals surface area contributed by atoms with Crippen LogP contribution in [-0.2, 0) is 28.0 Å². The predicted molar refractivity (Wildman–Crippen MR) is 108 cm³/mol. The molecule has 2 aliphatic rings. The van der Waals surface area contributed by atoms with Crippen molar-refractivity contribution in [3.05, 3.63) is 55.9 Å². The molecule has 0 atom stereocenters. The standard InChI is InChI=1S/C21H25N3O6/c1-28-16-9-13-3-8-30-21(15(13)11-17(16)29-2)4-6-24(7-5-21)18(25)10-14-12-22-20(27)23-19(14)26/h9,11-12H,3-8,10H2,1-2H3,(H2,22,23,26,27). The first kappa shape index (κ1) is 20.2. The quantitative estimate of drug-likeness (QED) is 0.761. The van der Waals surface area contributed by atoms with E-state index in [0.29, 0.717) is 44.0 Å². The summed E-state index contributed by atoms with van der Waals surface area (Å²) in [7, 11) is 3.23. The van der Waals surface area contributed by atoms with Gasteiger partial charge >= 0.3 is 5.69 Å². The fraction of sp³-hybridized carbons (Fsp3) is 0.476. The molecule has 30 heavy (non-hydrogen) atoms. The van der Waals surface area contributed by atoms with E-state index in [1.807, 2.05) is 12.1 Å². The molecule has 2 aliphatic heterocycles. The fourth-order valence-corrected chi connectivity index (χ4v) is 4.36. The minimum absolute atomic E-state index is 0.0540. The van der Waals surface area contributed by atoms with E-state index < -0.39 is 16.9 Å². The van der Waals surface area contributed by atoms with Gasteiger partial charge in [-0.25, -0.2) is 4.79 Å². The second-order valence-corrected chi connectivity index (χ2v) is 7.61.